The number of non-ortho nitro benzene ring substituents is 1. The van der Waals surface area contributed by atoms with Gasteiger partial charge in [-0.15, -0.1) is 0 Å². The highest BCUT2D eigenvalue weighted by molar-refractivity contribution is 6.46. The highest BCUT2D eigenvalue weighted by atomic mass is 16.6. The van der Waals surface area contributed by atoms with Crippen LogP contribution in [-0.2, 0) is 9.59 Å². The van der Waals surface area contributed by atoms with Crippen molar-refractivity contribution >= 4 is 23.1 Å². The van der Waals surface area contributed by atoms with Crippen LogP contribution in [-0.4, -0.2) is 55.8 Å². The molecule has 1 N–H and O–H groups in total. The molecule has 9 heteroatoms. The molecule has 1 aliphatic rings. The number of nitrogens with zero attached hydrogens (tertiary/aromatic N) is 2. The maximum atomic E-state index is 13.5. The van der Waals surface area contributed by atoms with E-state index in [9.17, 15) is 24.8 Å². The molecule has 174 valence electrons. The lowest BCUT2D eigenvalue weighted by Crippen LogP contribution is -3.05. The van der Waals surface area contributed by atoms with Crippen LogP contribution in [0.25, 0.3) is 5.76 Å². The van der Waals surface area contributed by atoms with Gasteiger partial charge in [0.05, 0.1) is 38.7 Å². The van der Waals surface area contributed by atoms with Crippen molar-refractivity contribution in [2.45, 2.75) is 19.4 Å². The fraction of sp³-hybridized carbons (Fsp3) is 0.333. The van der Waals surface area contributed by atoms with Crippen molar-refractivity contribution in [3.8, 4) is 5.75 Å². The minimum Gasteiger partial charge on any atom is -0.872 e. The summed E-state index contributed by atoms with van der Waals surface area (Å²) in [5.74, 6) is -1.64. The molecule has 1 aliphatic heterocycles. The molecule has 2 aromatic carbocycles. The van der Waals surface area contributed by atoms with E-state index in [0.29, 0.717) is 23.3 Å². The van der Waals surface area contributed by atoms with E-state index in [1.807, 2.05) is 14.1 Å². The van der Waals surface area contributed by atoms with E-state index in [1.54, 1.807) is 31.2 Å². The van der Waals surface area contributed by atoms with Crippen LogP contribution in [0.4, 0.5) is 5.69 Å². The molecular formula is C24H27N3O6. The van der Waals surface area contributed by atoms with Crippen LogP contribution in [0.2, 0.25) is 0 Å². The largest absolute Gasteiger partial charge is 0.872 e. The van der Waals surface area contributed by atoms with Crippen molar-refractivity contribution in [3.63, 3.8) is 0 Å². The van der Waals surface area contributed by atoms with Crippen LogP contribution in [0, 0.1) is 17.0 Å². The number of carbonyl (C=O) groups is 2. The number of benzene rings is 2. The number of ketones is 1. The topological polar surface area (TPSA) is 117 Å². The van der Waals surface area contributed by atoms with Crippen molar-refractivity contribution in [1.29, 1.82) is 0 Å². The summed E-state index contributed by atoms with van der Waals surface area (Å²) in [6.07, 6.45) is 0.607. The second-order valence-electron chi connectivity index (χ2n) is 8.32. The number of hydrogen-bond donors (Lipinski definition) is 1. The summed E-state index contributed by atoms with van der Waals surface area (Å²) in [5.41, 5.74) is 0.868. The minimum absolute atomic E-state index is 0.176. The number of Topliss-reactive ketones (excluding diaryl/α,β-unsaturated/α-hetero) is 1. The number of hydrogen-bond acceptors (Lipinski definition) is 6. The first kappa shape index (κ1) is 23.9. The van der Waals surface area contributed by atoms with E-state index in [-0.39, 0.29) is 23.4 Å². The summed E-state index contributed by atoms with van der Waals surface area (Å²) in [7, 11) is 5.46. The SMILES string of the molecule is COc1ccc(/C([O-])=C2\C(=O)C(=O)N(CCC[NH+](C)C)C2c2cccc([N+](=O)[O-])c2)c(C)c1. The Morgan fingerprint density at radius 3 is 2.52 bits per heavy atom. The molecule has 1 amide bonds. The number of ether oxygens (including phenoxy) is 1. The average molecular weight is 453 g/mol. The number of nitrogens with one attached hydrogen (secondary N) is 1. The van der Waals surface area contributed by atoms with Gasteiger partial charge in [0.15, 0.2) is 0 Å². The molecule has 9 nitrogen and oxygen atoms in total. The van der Waals surface area contributed by atoms with Gasteiger partial charge in [0.25, 0.3) is 11.6 Å². The molecule has 1 unspecified atom stereocenters. The molecule has 2 aromatic rings. The highest BCUT2D eigenvalue weighted by Gasteiger charge is 2.44. The Hall–Kier alpha value is -3.72. The Bertz CT molecular complexity index is 1120. The Balaban J connectivity index is 2.16. The summed E-state index contributed by atoms with van der Waals surface area (Å²) in [6, 6.07) is 9.59. The first-order chi connectivity index (χ1) is 15.6. The number of likely N-dealkylation sites (tertiary alicyclic amines) is 1. The van der Waals surface area contributed by atoms with Gasteiger partial charge < -0.3 is 19.6 Å². The maximum Gasteiger partial charge on any atom is 0.295 e. The zero-order chi connectivity index (χ0) is 24.3. The number of quaternary nitrogens is 1. The van der Waals surface area contributed by atoms with Crippen molar-refractivity contribution in [2.75, 3.05) is 34.3 Å². The predicted molar refractivity (Wildman–Crippen MR) is 120 cm³/mol. The number of carbonyl (C=O) groups excluding carboxylic acids is 2. The molecule has 0 spiro atoms. The molecule has 33 heavy (non-hydrogen) atoms. The van der Waals surface area contributed by atoms with Crippen molar-refractivity contribution in [3.05, 3.63) is 74.8 Å². The van der Waals surface area contributed by atoms with Gasteiger partial charge in [-0.2, -0.15) is 0 Å². The summed E-state index contributed by atoms with van der Waals surface area (Å²) >= 11 is 0. The number of methoxy groups -OCH3 is 1. The van der Waals surface area contributed by atoms with Crippen LogP contribution in [0.15, 0.2) is 48.0 Å². The smallest absolute Gasteiger partial charge is 0.295 e. The third kappa shape index (κ3) is 4.88. The van der Waals surface area contributed by atoms with Crippen LogP contribution >= 0.6 is 0 Å². The molecule has 3 rings (SSSR count). The maximum absolute atomic E-state index is 13.5. The van der Waals surface area contributed by atoms with E-state index in [0.717, 1.165) is 6.54 Å². The van der Waals surface area contributed by atoms with Gasteiger partial charge in [-0.25, -0.2) is 0 Å². The minimum atomic E-state index is -0.990. The summed E-state index contributed by atoms with van der Waals surface area (Å²) in [5, 5.41) is 24.9. The summed E-state index contributed by atoms with van der Waals surface area (Å²) in [4.78, 5) is 39.3. The second kappa shape index (κ2) is 9.83. The third-order valence-electron chi connectivity index (χ3n) is 5.68. The molecule has 1 atom stereocenters. The second-order valence-corrected chi connectivity index (χ2v) is 8.32. The monoisotopic (exact) mass is 453 g/mol. The highest BCUT2D eigenvalue weighted by Crippen LogP contribution is 2.40. The lowest BCUT2D eigenvalue weighted by Gasteiger charge is -2.28. The predicted octanol–water partition coefficient (Wildman–Crippen LogP) is 0.670. The number of nitro benzene ring substituents is 1. The van der Waals surface area contributed by atoms with E-state index in [4.69, 9.17) is 4.74 Å². The average Bonchev–Trinajstić information content (AvgIpc) is 3.03. The number of rotatable bonds is 8. The molecule has 1 saturated heterocycles. The third-order valence-corrected chi connectivity index (χ3v) is 5.68. The van der Waals surface area contributed by atoms with Crippen LogP contribution in [0.1, 0.15) is 29.2 Å². The summed E-state index contributed by atoms with van der Waals surface area (Å²) < 4.78 is 5.19. The molecule has 0 radical (unpaired) electrons. The first-order valence-electron chi connectivity index (χ1n) is 10.6. The molecular weight excluding hydrogens is 426 g/mol. The normalized spacial score (nSPS) is 17.6. The molecule has 0 bridgehead atoms. The molecule has 1 fully saturated rings. The van der Waals surface area contributed by atoms with Gasteiger partial charge in [0.2, 0.25) is 5.78 Å². The van der Waals surface area contributed by atoms with Gasteiger partial charge in [-0.1, -0.05) is 24.0 Å². The molecule has 0 aliphatic carbocycles. The van der Waals surface area contributed by atoms with Crippen LogP contribution < -0.4 is 14.7 Å². The van der Waals surface area contributed by atoms with Gasteiger partial charge >= 0.3 is 0 Å². The Labute approximate surface area is 192 Å². The van der Waals surface area contributed by atoms with Gasteiger partial charge in [-0.05, 0) is 35.7 Å². The fourth-order valence-corrected chi connectivity index (χ4v) is 4.02. The lowest BCUT2D eigenvalue weighted by molar-refractivity contribution is -0.858. The molecule has 1 heterocycles. The fourth-order valence-electron chi connectivity index (χ4n) is 4.02. The Morgan fingerprint density at radius 2 is 1.91 bits per heavy atom. The number of amides is 1. The zero-order valence-corrected chi connectivity index (χ0v) is 19.1. The van der Waals surface area contributed by atoms with Crippen molar-refractivity contribution < 1.29 is 29.3 Å². The van der Waals surface area contributed by atoms with E-state index >= 15 is 0 Å². The molecule has 0 saturated carbocycles. The van der Waals surface area contributed by atoms with E-state index in [2.05, 4.69) is 0 Å². The van der Waals surface area contributed by atoms with Crippen molar-refractivity contribution in [2.24, 2.45) is 0 Å². The van der Waals surface area contributed by atoms with Gasteiger partial charge in [-0.3, -0.25) is 19.7 Å². The zero-order valence-electron chi connectivity index (χ0n) is 19.1. The number of aryl methyl sites for hydroxylation is 1. The molecule has 0 aromatic heterocycles. The van der Waals surface area contributed by atoms with E-state index in [1.165, 1.54) is 35.1 Å². The standard InChI is InChI=1S/C24H27N3O6/c1-15-13-18(33-4)9-10-19(15)22(28)20-21(16-7-5-8-17(14-16)27(31)32)26(24(30)23(20)29)12-6-11-25(2)3/h5,7-10,13-14,21,28H,6,11-12H2,1-4H3/b22-20+. The van der Waals surface area contributed by atoms with Crippen LogP contribution in [0.5, 0.6) is 5.75 Å². The lowest BCUT2D eigenvalue weighted by atomic mass is 9.93. The number of nitro groups is 1. The van der Waals surface area contributed by atoms with Gasteiger partial charge in [0.1, 0.15) is 5.75 Å². The first-order valence-corrected chi connectivity index (χ1v) is 10.6. The summed E-state index contributed by atoms with van der Waals surface area (Å²) in [6.45, 7) is 2.72. The Morgan fingerprint density at radius 1 is 1.18 bits per heavy atom. The van der Waals surface area contributed by atoms with Crippen LogP contribution in [0.3, 0.4) is 0 Å². The Kier molecular flexibility index (Phi) is 7.13. The van der Waals surface area contributed by atoms with E-state index < -0.39 is 28.4 Å². The van der Waals surface area contributed by atoms with Gasteiger partial charge in [0, 0.05) is 30.7 Å². The quantitative estimate of drug-likeness (QED) is 0.206. The van der Waals surface area contributed by atoms with Crippen molar-refractivity contribution in [1.82, 2.24) is 4.90 Å².